The van der Waals surface area contributed by atoms with Crippen LogP contribution in [0.2, 0.25) is 0 Å². The van der Waals surface area contributed by atoms with Gasteiger partial charge in [0.2, 0.25) is 0 Å². The minimum absolute atomic E-state index is 0.0284. The van der Waals surface area contributed by atoms with E-state index in [-0.39, 0.29) is 23.1 Å². The van der Waals surface area contributed by atoms with Crippen molar-refractivity contribution in [1.82, 2.24) is 0 Å². The molecule has 0 aromatic carbocycles. The molecular formula is C13H15NO2S. The molecule has 3 nitrogen and oxygen atoms in total. The number of carbonyl (C=O) groups excluding carboxylic acids is 2. The van der Waals surface area contributed by atoms with Gasteiger partial charge < -0.3 is 0 Å². The van der Waals surface area contributed by atoms with Crippen molar-refractivity contribution in [3.8, 4) is 6.07 Å². The standard InChI is InChI=1S/C13H15NO2S/c1-12-5-8(7-14)11(16)13(2,17)10(12)4-3-9(15)6-12/h5,10,17H,3-4,6H2,1-2H3/t10-,12-,13?/m1/s1. The molecular weight excluding hydrogens is 234 g/mol. The number of carbonyl (C=O) groups is 2. The Kier molecular flexibility index (Phi) is 2.70. The number of rotatable bonds is 0. The molecule has 2 rings (SSSR count). The first-order chi connectivity index (χ1) is 7.81. The van der Waals surface area contributed by atoms with Gasteiger partial charge in [0.05, 0.1) is 10.3 Å². The summed E-state index contributed by atoms with van der Waals surface area (Å²) in [6.07, 6.45) is 3.29. The van der Waals surface area contributed by atoms with E-state index in [4.69, 9.17) is 5.26 Å². The molecule has 0 N–H and O–H groups in total. The number of nitriles is 1. The summed E-state index contributed by atoms with van der Waals surface area (Å²) in [4.78, 5) is 23.7. The highest BCUT2D eigenvalue weighted by atomic mass is 32.1. The Bertz CT molecular complexity index is 472. The monoisotopic (exact) mass is 249 g/mol. The molecule has 17 heavy (non-hydrogen) atoms. The van der Waals surface area contributed by atoms with E-state index in [1.165, 1.54) is 0 Å². The molecule has 0 aliphatic heterocycles. The van der Waals surface area contributed by atoms with Crippen molar-refractivity contribution in [1.29, 1.82) is 5.26 Å². The van der Waals surface area contributed by atoms with Crippen molar-refractivity contribution in [3.63, 3.8) is 0 Å². The van der Waals surface area contributed by atoms with Crippen LogP contribution in [0.1, 0.15) is 33.1 Å². The van der Waals surface area contributed by atoms with Crippen LogP contribution >= 0.6 is 12.6 Å². The van der Waals surface area contributed by atoms with Crippen molar-refractivity contribution >= 4 is 24.2 Å². The topological polar surface area (TPSA) is 57.9 Å². The van der Waals surface area contributed by atoms with Gasteiger partial charge in [0.15, 0.2) is 5.78 Å². The van der Waals surface area contributed by atoms with Crippen LogP contribution in [-0.2, 0) is 9.59 Å². The van der Waals surface area contributed by atoms with Gasteiger partial charge in [-0.15, -0.1) is 0 Å². The van der Waals surface area contributed by atoms with Crippen molar-refractivity contribution in [2.75, 3.05) is 0 Å². The fraction of sp³-hybridized carbons (Fsp3) is 0.615. The van der Waals surface area contributed by atoms with Crippen molar-refractivity contribution < 1.29 is 9.59 Å². The van der Waals surface area contributed by atoms with Crippen LogP contribution in [0, 0.1) is 22.7 Å². The van der Waals surface area contributed by atoms with Crippen LogP contribution in [0.3, 0.4) is 0 Å². The van der Waals surface area contributed by atoms with Crippen LogP contribution in [0.25, 0.3) is 0 Å². The number of hydrogen-bond acceptors (Lipinski definition) is 4. The van der Waals surface area contributed by atoms with E-state index < -0.39 is 10.2 Å². The van der Waals surface area contributed by atoms with Gasteiger partial charge in [0.1, 0.15) is 11.9 Å². The summed E-state index contributed by atoms with van der Waals surface area (Å²) >= 11 is 4.48. The maximum absolute atomic E-state index is 12.1. The predicted octanol–water partition coefficient (Wildman–Crippen LogP) is 2.08. The molecule has 0 bridgehead atoms. The van der Waals surface area contributed by atoms with E-state index in [2.05, 4.69) is 12.6 Å². The van der Waals surface area contributed by atoms with E-state index in [9.17, 15) is 9.59 Å². The molecule has 2 aliphatic rings. The Balaban J connectivity index is 2.55. The minimum Gasteiger partial charge on any atom is -0.300 e. The second-order valence-corrected chi connectivity index (χ2v) is 6.39. The highest BCUT2D eigenvalue weighted by Crippen LogP contribution is 2.52. The SMILES string of the molecule is CC1(S)C(=O)C(C#N)=C[C@]2(C)CC(=O)CC[C@@H]12. The lowest BCUT2D eigenvalue weighted by molar-refractivity contribution is -0.129. The van der Waals surface area contributed by atoms with E-state index in [0.717, 1.165) is 0 Å². The fourth-order valence-corrected chi connectivity index (χ4v) is 3.80. The zero-order valence-corrected chi connectivity index (χ0v) is 10.9. The second kappa shape index (κ2) is 3.71. The second-order valence-electron chi connectivity index (χ2n) is 5.46. The summed E-state index contributed by atoms with van der Waals surface area (Å²) in [7, 11) is 0. The third-order valence-corrected chi connectivity index (χ3v) is 4.58. The molecule has 1 saturated carbocycles. The van der Waals surface area contributed by atoms with Gasteiger partial charge in [-0.3, -0.25) is 9.59 Å². The number of ketones is 2. The Morgan fingerprint density at radius 2 is 2.12 bits per heavy atom. The van der Waals surface area contributed by atoms with Crippen LogP contribution in [-0.4, -0.2) is 16.3 Å². The number of Topliss-reactive ketones (excluding diaryl/α,β-unsaturated/α-hetero) is 2. The van der Waals surface area contributed by atoms with E-state index in [1.54, 1.807) is 13.0 Å². The van der Waals surface area contributed by atoms with Gasteiger partial charge in [0.25, 0.3) is 0 Å². The molecule has 4 heteroatoms. The van der Waals surface area contributed by atoms with E-state index in [0.29, 0.717) is 19.3 Å². The molecule has 0 amide bonds. The average Bonchev–Trinajstić information content (AvgIpc) is 2.23. The van der Waals surface area contributed by atoms with Crippen LogP contribution in [0.5, 0.6) is 0 Å². The van der Waals surface area contributed by atoms with Gasteiger partial charge in [-0.2, -0.15) is 17.9 Å². The van der Waals surface area contributed by atoms with E-state index in [1.807, 2.05) is 13.0 Å². The van der Waals surface area contributed by atoms with Crippen molar-refractivity contribution in [3.05, 3.63) is 11.6 Å². The van der Waals surface area contributed by atoms with Crippen LogP contribution in [0.15, 0.2) is 11.6 Å². The molecule has 0 aromatic rings. The molecule has 3 atom stereocenters. The number of fused-ring (bicyclic) bond motifs is 1. The molecule has 90 valence electrons. The fourth-order valence-electron chi connectivity index (χ4n) is 3.26. The third kappa shape index (κ3) is 1.73. The smallest absolute Gasteiger partial charge is 0.188 e. The lowest BCUT2D eigenvalue weighted by Gasteiger charge is -2.48. The summed E-state index contributed by atoms with van der Waals surface area (Å²) in [6.45, 7) is 3.72. The molecule has 0 heterocycles. The predicted molar refractivity (Wildman–Crippen MR) is 66.5 cm³/mol. The third-order valence-electron chi connectivity index (χ3n) is 4.06. The van der Waals surface area contributed by atoms with Crippen molar-refractivity contribution in [2.45, 2.75) is 37.9 Å². The number of allylic oxidation sites excluding steroid dienone is 2. The van der Waals surface area contributed by atoms with Crippen LogP contribution < -0.4 is 0 Å². The number of nitrogens with zero attached hydrogens (tertiary/aromatic N) is 1. The Morgan fingerprint density at radius 3 is 2.71 bits per heavy atom. The molecule has 1 unspecified atom stereocenters. The summed E-state index contributed by atoms with van der Waals surface area (Å²) in [6, 6.07) is 1.93. The minimum atomic E-state index is -0.838. The Morgan fingerprint density at radius 1 is 1.47 bits per heavy atom. The molecule has 1 fully saturated rings. The van der Waals surface area contributed by atoms with Gasteiger partial charge >= 0.3 is 0 Å². The molecule has 2 aliphatic carbocycles. The highest BCUT2D eigenvalue weighted by molar-refractivity contribution is 7.82. The molecule has 0 aromatic heterocycles. The zero-order chi connectivity index (χ0) is 12.8. The van der Waals surface area contributed by atoms with Gasteiger partial charge in [-0.05, 0) is 24.7 Å². The highest BCUT2D eigenvalue weighted by Gasteiger charge is 2.54. The lowest BCUT2D eigenvalue weighted by atomic mass is 9.57. The quantitative estimate of drug-likeness (QED) is 0.669. The van der Waals surface area contributed by atoms with Gasteiger partial charge in [-0.25, -0.2) is 0 Å². The average molecular weight is 249 g/mol. The zero-order valence-electron chi connectivity index (χ0n) is 9.99. The molecule has 0 radical (unpaired) electrons. The van der Waals surface area contributed by atoms with E-state index >= 15 is 0 Å². The first-order valence-corrected chi connectivity index (χ1v) is 6.18. The molecule has 0 spiro atoms. The first kappa shape index (κ1) is 12.4. The maximum Gasteiger partial charge on any atom is 0.188 e. The summed E-state index contributed by atoms with van der Waals surface area (Å²) in [5.41, 5.74) is -0.249. The normalized spacial score (nSPS) is 41.5. The molecule has 0 saturated heterocycles. The summed E-state index contributed by atoms with van der Waals surface area (Å²) < 4.78 is -0.838. The van der Waals surface area contributed by atoms with Crippen molar-refractivity contribution in [2.24, 2.45) is 11.3 Å². The largest absolute Gasteiger partial charge is 0.300 e. The first-order valence-electron chi connectivity index (χ1n) is 5.73. The summed E-state index contributed by atoms with van der Waals surface area (Å²) in [5.74, 6) is 0.0246. The number of thiol groups is 1. The Hall–Kier alpha value is -1.08. The van der Waals surface area contributed by atoms with Gasteiger partial charge in [-0.1, -0.05) is 13.0 Å². The Labute approximate surface area is 106 Å². The van der Waals surface area contributed by atoms with Crippen LogP contribution in [0.4, 0.5) is 0 Å². The lowest BCUT2D eigenvalue weighted by Crippen LogP contribution is -2.52. The number of hydrogen-bond donors (Lipinski definition) is 1. The maximum atomic E-state index is 12.1. The summed E-state index contributed by atoms with van der Waals surface area (Å²) in [5, 5.41) is 9.01. The van der Waals surface area contributed by atoms with Gasteiger partial charge in [0, 0.05) is 12.8 Å².